The predicted octanol–water partition coefficient (Wildman–Crippen LogP) is 7.16. The van der Waals surface area contributed by atoms with E-state index in [0.29, 0.717) is 42.5 Å². The summed E-state index contributed by atoms with van der Waals surface area (Å²) in [5.41, 5.74) is 5.32. The minimum atomic E-state index is -0.423. The third kappa shape index (κ3) is 5.17. The summed E-state index contributed by atoms with van der Waals surface area (Å²) in [6.07, 6.45) is 1.20. The number of nitrogens with one attached hydrogen (secondary N) is 1. The van der Waals surface area contributed by atoms with Crippen molar-refractivity contribution in [2.45, 2.75) is 33.3 Å². The Balaban J connectivity index is 1.50. The number of esters is 1. The van der Waals surface area contributed by atoms with Gasteiger partial charge in [-0.1, -0.05) is 29.8 Å². The lowest BCUT2D eigenvalue weighted by Crippen LogP contribution is -2.09. The van der Waals surface area contributed by atoms with Crippen molar-refractivity contribution in [3.63, 3.8) is 0 Å². The molecule has 0 fully saturated rings. The third-order valence-electron chi connectivity index (χ3n) is 7.01. The molecule has 0 bridgehead atoms. The maximum Gasteiger partial charge on any atom is 0.355 e. The topological polar surface area (TPSA) is 78.4 Å². The number of aryl methyl sites for hydroxylation is 3. The van der Waals surface area contributed by atoms with E-state index in [4.69, 9.17) is 25.8 Å². The summed E-state index contributed by atoms with van der Waals surface area (Å²) in [6, 6.07) is 14.0. The van der Waals surface area contributed by atoms with E-state index in [2.05, 4.69) is 10.1 Å². The number of halogens is 2. The fraction of sp³-hybridized carbons (Fsp3) is 0.290. The van der Waals surface area contributed by atoms with Gasteiger partial charge in [-0.2, -0.15) is 5.10 Å². The molecule has 0 atom stereocenters. The molecule has 0 saturated carbocycles. The first-order valence-electron chi connectivity index (χ1n) is 13.2. The zero-order valence-electron chi connectivity index (χ0n) is 22.9. The second-order valence-electron chi connectivity index (χ2n) is 9.58. The number of fused-ring (bicyclic) bond motifs is 2. The lowest BCUT2D eigenvalue weighted by atomic mass is 9.98. The summed E-state index contributed by atoms with van der Waals surface area (Å²) in [5, 5.41) is 7.65. The van der Waals surface area contributed by atoms with Crippen LogP contribution < -0.4 is 4.74 Å². The van der Waals surface area contributed by atoms with Gasteiger partial charge in [0.2, 0.25) is 0 Å². The molecule has 0 aliphatic rings. The number of aromatic amines is 1. The molecule has 9 heteroatoms. The summed E-state index contributed by atoms with van der Waals surface area (Å²) in [7, 11) is 3.51. The fourth-order valence-electron chi connectivity index (χ4n) is 5.29. The van der Waals surface area contributed by atoms with Gasteiger partial charge in [-0.3, -0.25) is 4.68 Å². The summed E-state index contributed by atoms with van der Waals surface area (Å²) in [4.78, 5) is 16.4. The van der Waals surface area contributed by atoms with Gasteiger partial charge in [0.05, 0.1) is 41.7 Å². The van der Waals surface area contributed by atoms with Gasteiger partial charge >= 0.3 is 5.97 Å². The summed E-state index contributed by atoms with van der Waals surface area (Å²) < 4.78 is 32.4. The van der Waals surface area contributed by atoms with E-state index in [1.807, 2.05) is 44.3 Å². The van der Waals surface area contributed by atoms with Crippen molar-refractivity contribution in [1.29, 1.82) is 0 Å². The SMILES string of the molecule is CCOC(=O)c1[nH]c2c(-c3c(C)nn(C)c3COC)c(Cl)ccc2c1CCCOc1cccc2cc(F)ccc12. The van der Waals surface area contributed by atoms with Gasteiger partial charge in [0.25, 0.3) is 0 Å². The number of nitrogens with zero attached hydrogens (tertiary/aromatic N) is 2. The predicted molar refractivity (Wildman–Crippen MR) is 155 cm³/mol. The van der Waals surface area contributed by atoms with E-state index < -0.39 is 5.97 Å². The number of ether oxygens (including phenoxy) is 3. The molecule has 0 saturated heterocycles. The zero-order valence-corrected chi connectivity index (χ0v) is 23.7. The number of methoxy groups -OCH3 is 1. The van der Waals surface area contributed by atoms with Crippen molar-refractivity contribution in [3.8, 4) is 16.9 Å². The van der Waals surface area contributed by atoms with E-state index in [0.717, 1.165) is 49.8 Å². The van der Waals surface area contributed by atoms with Crippen molar-refractivity contribution in [3.05, 3.63) is 82.0 Å². The minimum absolute atomic E-state index is 0.256. The first-order valence-corrected chi connectivity index (χ1v) is 13.5. The Morgan fingerprint density at radius 1 is 1.12 bits per heavy atom. The Kier molecular flexibility index (Phi) is 8.09. The highest BCUT2D eigenvalue weighted by atomic mass is 35.5. The van der Waals surface area contributed by atoms with Crippen LogP contribution in [0, 0.1) is 12.7 Å². The van der Waals surface area contributed by atoms with Crippen LogP contribution in [-0.4, -0.2) is 41.1 Å². The maximum absolute atomic E-state index is 13.7. The normalized spacial score (nSPS) is 11.4. The number of benzene rings is 3. The molecular formula is C31H31ClFN3O4. The first-order chi connectivity index (χ1) is 19.3. The van der Waals surface area contributed by atoms with Crippen LogP contribution in [0.5, 0.6) is 5.75 Å². The largest absolute Gasteiger partial charge is 0.493 e. The molecule has 2 heterocycles. The van der Waals surface area contributed by atoms with Gasteiger partial charge in [-0.05, 0) is 68.0 Å². The number of rotatable bonds is 10. The van der Waals surface area contributed by atoms with Crippen molar-refractivity contribution < 1.29 is 23.4 Å². The van der Waals surface area contributed by atoms with E-state index in [1.54, 1.807) is 24.8 Å². The fourth-order valence-corrected chi connectivity index (χ4v) is 5.54. The molecule has 7 nitrogen and oxygen atoms in total. The average molecular weight is 564 g/mol. The molecule has 5 rings (SSSR count). The summed E-state index contributed by atoms with van der Waals surface area (Å²) >= 11 is 6.79. The number of H-pyrrole nitrogens is 1. The van der Waals surface area contributed by atoms with Crippen LogP contribution in [0.3, 0.4) is 0 Å². The van der Waals surface area contributed by atoms with Crippen LogP contribution >= 0.6 is 11.6 Å². The number of hydrogen-bond donors (Lipinski definition) is 1. The van der Waals surface area contributed by atoms with Gasteiger partial charge < -0.3 is 19.2 Å². The highest BCUT2D eigenvalue weighted by Gasteiger charge is 2.25. The van der Waals surface area contributed by atoms with Crippen molar-refractivity contribution in [2.75, 3.05) is 20.3 Å². The molecule has 0 spiro atoms. The van der Waals surface area contributed by atoms with E-state index in [1.165, 1.54) is 12.1 Å². The molecule has 5 aromatic rings. The average Bonchev–Trinajstić information content (AvgIpc) is 3.43. The lowest BCUT2D eigenvalue weighted by molar-refractivity contribution is 0.0519. The number of carbonyl (C=O) groups is 1. The standard InChI is InChI=1S/C31H31ClFN3O4/c1-5-39-31(37)30-22(9-7-15-40-26-10-6-8-19-16-20(33)11-12-21(19)26)23-13-14-24(32)28(29(23)34-30)27-18(2)35-36(3)25(27)17-38-4/h6,8,10-14,16,34H,5,7,9,15,17H2,1-4H3. The van der Waals surface area contributed by atoms with Gasteiger partial charge in [0.1, 0.15) is 17.3 Å². The molecule has 0 unspecified atom stereocenters. The highest BCUT2D eigenvalue weighted by Crippen LogP contribution is 2.41. The number of hydrogen-bond acceptors (Lipinski definition) is 5. The van der Waals surface area contributed by atoms with E-state index >= 15 is 0 Å². The molecule has 0 aliphatic heterocycles. The second-order valence-corrected chi connectivity index (χ2v) is 9.99. The molecule has 0 aliphatic carbocycles. The Labute approximate surface area is 236 Å². The van der Waals surface area contributed by atoms with Crippen molar-refractivity contribution in [2.24, 2.45) is 7.05 Å². The van der Waals surface area contributed by atoms with Crippen LogP contribution in [0.15, 0.2) is 48.5 Å². The van der Waals surface area contributed by atoms with Crippen molar-refractivity contribution in [1.82, 2.24) is 14.8 Å². The quantitative estimate of drug-likeness (QED) is 0.144. The molecule has 2 aromatic heterocycles. The smallest absolute Gasteiger partial charge is 0.355 e. The molecule has 0 radical (unpaired) electrons. The van der Waals surface area contributed by atoms with E-state index in [-0.39, 0.29) is 12.4 Å². The number of aromatic nitrogens is 3. The van der Waals surface area contributed by atoms with Gasteiger partial charge in [0.15, 0.2) is 0 Å². The third-order valence-corrected chi connectivity index (χ3v) is 7.33. The van der Waals surface area contributed by atoms with Crippen LogP contribution in [-0.2, 0) is 29.5 Å². The van der Waals surface area contributed by atoms with Crippen molar-refractivity contribution >= 4 is 39.2 Å². The van der Waals surface area contributed by atoms with Crippen LogP contribution in [0.2, 0.25) is 5.02 Å². The molecule has 0 amide bonds. The van der Waals surface area contributed by atoms with Gasteiger partial charge in [0, 0.05) is 36.1 Å². The first kappa shape index (κ1) is 27.7. The molecule has 208 valence electrons. The Bertz CT molecular complexity index is 1710. The van der Waals surface area contributed by atoms with Crippen LogP contribution in [0.4, 0.5) is 4.39 Å². The molecule has 40 heavy (non-hydrogen) atoms. The Hall–Kier alpha value is -3.88. The molecular weight excluding hydrogens is 533 g/mol. The summed E-state index contributed by atoms with van der Waals surface area (Å²) in [6.45, 7) is 4.73. The Morgan fingerprint density at radius 3 is 2.70 bits per heavy atom. The molecule has 3 aromatic carbocycles. The molecule has 1 N–H and O–H groups in total. The Morgan fingerprint density at radius 2 is 1.93 bits per heavy atom. The lowest BCUT2D eigenvalue weighted by Gasteiger charge is -2.11. The monoisotopic (exact) mass is 563 g/mol. The zero-order chi connectivity index (χ0) is 28.4. The van der Waals surface area contributed by atoms with Crippen LogP contribution in [0.25, 0.3) is 32.8 Å². The van der Waals surface area contributed by atoms with Crippen LogP contribution in [0.1, 0.15) is 40.8 Å². The van der Waals surface area contributed by atoms with Gasteiger partial charge in [-0.25, -0.2) is 9.18 Å². The summed E-state index contributed by atoms with van der Waals surface area (Å²) in [5.74, 6) is -0.0209. The second kappa shape index (κ2) is 11.7. The minimum Gasteiger partial charge on any atom is -0.493 e. The maximum atomic E-state index is 13.7. The van der Waals surface area contributed by atoms with Gasteiger partial charge in [-0.15, -0.1) is 0 Å². The number of carbonyl (C=O) groups excluding carboxylic acids is 1. The van der Waals surface area contributed by atoms with E-state index in [9.17, 15) is 9.18 Å². The highest BCUT2D eigenvalue weighted by molar-refractivity contribution is 6.35.